The third-order valence-electron chi connectivity index (χ3n) is 7.78. The first-order valence-corrected chi connectivity index (χ1v) is 22.0. The van der Waals surface area contributed by atoms with Crippen molar-refractivity contribution in [1.29, 1.82) is 0 Å². The molecule has 1 aliphatic heterocycles. The van der Waals surface area contributed by atoms with E-state index in [4.69, 9.17) is 17.0 Å². The molecule has 1 heterocycles. The van der Waals surface area contributed by atoms with Crippen molar-refractivity contribution in [1.82, 2.24) is 0 Å². The summed E-state index contributed by atoms with van der Waals surface area (Å²) in [6.45, 7) is 18.3. The van der Waals surface area contributed by atoms with Crippen LogP contribution in [0.4, 0.5) is 0 Å². The summed E-state index contributed by atoms with van der Waals surface area (Å²) in [5, 5.41) is 5.57. The first-order valence-electron chi connectivity index (χ1n) is 14.6. The quantitative estimate of drug-likeness (QED) is 0.128. The van der Waals surface area contributed by atoms with E-state index in [9.17, 15) is 0 Å². The van der Waals surface area contributed by atoms with Crippen molar-refractivity contribution < 1.29 is 20.8 Å². The molecule has 5 aromatic rings. The van der Waals surface area contributed by atoms with Gasteiger partial charge in [-0.05, 0) is 33.9 Å². The van der Waals surface area contributed by atoms with Gasteiger partial charge in [0.25, 0.3) is 0 Å². The largest absolute Gasteiger partial charge is 0.184 e. The van der Waals surface area contributed by atoms with Gasteiger partial charge in [0.15, 0.2) is 0 Å². The molecule has 4 heteroatoms. The van der Waals surface area contributed by atoms with E-state index in [0.717, 1.165) is 9.52 Å². The second-order valence-corrected chi connectivity index (χ2v) is 17.7. The Morgan fingerprint density at radius 1 is 0.810 bits per heavy atom. The second-order valence-electron chi connectivity index (χ2n) is 12.7. The molecule has 0 amide bonds. The Morgan fingerprint density at radius 3 is 2.05 bits per heavy atom. The van der Waals surface area contributed by atoms with Crippen LogP contribution >= 0.6 is 17.0 Å². The molecule has 5 aromatic carbocycles. The predicted octanol–water partition coefficient (Wildman–Crippen LogP) is 10.6. The Bertz CT molecular complexity index is 1590. The fraction of sp³-hybridized carbons (Fsp3) is 0.289. The standard InChI is InChI=1S/C26H33.C12H7Si.2ClH.Zr/c1-16(2)20-13-21(17(3)4)15-22(14-20)25-23-12-18(5)11-19(23)9-10-24(25)26(6,7)8;1-3-7-11-9(5-1)10-6-2-4-8-12(10)13-11;;;/h9-17H,1-8H3;1-7H;2*1H;/q2*-1;;;+4/p-2. The molecule has 0 saturated heterocycles. The minimum Gasteiger partial charge on any atom is -0.184 e. The molecule has 0 fully saturated rings. The zero-order chi connectivity index (χ0) is 30.6. The van der Waals surface area contributed by atoms with Gasteiger partial charge in [-0.2, -0.15) is 35.5 Å². The summed E-state index contributed by atoms with van der Waals surface area (Å²) in [5.41, 5.74) is 11.3. The van der Waals surface area contributed by atoms with Gasteiger partial charge in [-0.1, -0.05) is 120 Å². The molecule has 0 aromatic heterocycles. The van der Waals surface area contributed by atoms with Gasteiger partial charge in [-0.3, -0.25) is 0 Å². The van der Waals surface area contributed by atoms with Crippen LogP contribution in [0.15, 0.2) is 84.9 Å². The monoisotopic (exact) mass is 684 g/mol. The van der Waals surface area contributed by atoms with E-state index in [0.29, 0.717) is 11.8 Å². The molecule has 0 nitrogen and oxygen atoms in total. The summed E-state index contributed by atoms with van der Waals surface area (Å²) >= 11 is -0.826. The normalized spacial score (nSPS) is 11.8. The number of rotatable bonds is 3. The van der Waals surface area contributed by atoms with Gasteiger partial charge in [0.1, 0.15) is 0 Å². The molecule has 0 N–H and O–H groups in total. The fourth-order valence-corrected chi connectivity index (χ4v) is 6.89. The van der Waals surface area contributed by atoms with Crippen LogP contribution in [0.3, 0.4) is 0 Å². The van der Waals surface area contributed by atoms with Gasteiger partial charge < -0.3 is 0 Å². The maximum Gasteiger partial charge on any atom is 0.0920 e. The third-order valence-corrected chi connectivity index (χ3v) is 9.14. The van der Waals surface area contributed by atoms with Crippen molar-refractivity contribution in [3.63, 3.8) is 0 Å². The zero-order valence-corrected chi connectivity index (χ0v) is 31.0. The molecule has 0 bridgehead atoms. The third kappa shape index (κ3) is 7.62. The summed E-state index contributed by atoms with van der Waals surface area (Å²) < 4.78 is 0. The van der Waals surface area contributed by atoms with Crippen molar-refractivity contribution in [2.75, 3.05) is 0 Å². The minimum absolute atomic E-state index is 0.112. The Morgan fingerprint density at radius 2 is 1.43 bits per heavy atom. The molecule has 214 valence electrons. The van der Waals surface area contributed by atoms with Crippen LogP contribution in [-0.2, 0) is 26.3 Å². The van der Waals surface area contributed by atoms with E-state index in [1.165, 1.54) is 65.7 Å². The molecule has 0 spiro atoms. The van der Waals surface area contributed by atoms with E-state index in [2.05, 4.69) is 140 Å². The number of aryl methyl sites for hydroxylation is 1. The Kier molecular flexibility index (Phi) is 11.3. The van der Waals surface area contributed by atoms with Crippen molar-refractivity contribution in [2.45, 2.75) is 72.6 Å². The number of hydrogen-bond acceptors (Lipinski definition) is 0. The molecule has 6 rings (SSSR count). The van der Waals surface area contributed by atoms with E-state index in [1.54, 1.807) is 0 Å². The molecule has 42 heavy (non-hydrogen) atoms. The van der Waals surface area contributed by atoms with E-state index in [1.807, 2.05) is 6.07 Å². The van der Waals surface area contributed by atoms with Crippen molar-refractivity contribution in [2.24, 2.45) is 0 Å². The van der Waals surface area contributed by atoms with Gasteiger partial charge in [0, 0.05) is 0 Å². The fourth-order valence-electron chi connectivity index (χ4n) is 5.58. The van der Waals surface area contributed by atoms with E-state index in [-0.39, 0.29) is 5.41 Å². The van der Waals surface area contributed by atoms with E-state index >= 15 is 0 Å². The first kappa shape index (κ1) is 33.1. The van der Waals surface area contributed by atoms with Crippen LogP contribution in [0.25, 0.3) is 33.0 Å². The number of halogens is 2. The Balaban J connectivity index is 0.000000209. The summed E-state index contributed by atoms with van der Waals surface area (Å²) in [4.78, 5) is 0. The smallest absolute Gasteiger partial charge is 0.0920 e. The number of benzene rings is 4. The zero-order valence-electron chi connectivity index (χ0n) is 26.0. The van der Waals surface area contributed by atoms with Gasteiger partial charge in [-0.15, -0.1) is 40.1 Å². The molecule has 0 aliphatic carbocycles. The summed E-state index contributed by atoms with van der Waals surface area (Å²) in [5.74, 6) is 1.07. The molecule has 0 atom stereocenters. The first-order chi connectivity index (χ1) is 19.9. The summed E-state index contributed by atoms with van der Waals surface area (Å²) in [7, 11) is 10.7. The van der Waals surface area contributed by atoms with Gasteiger partial charge in [0.05, 0.1) is 9.52 Å². The van der Waals surface area contributed by atoms with Crippen LogP contribution in [0.1, 0.15) is 82.6 Å². The minimum atomic E-state index is -0.826. The molecular formula is C38H40Cl2SiZr. The predicted molar refractivity (Wildman–Crippen MR) is 184 cm³/mol. The number of fused-ring (bicyclic) bond motifs is 4. The van der Waals surface area contributed by atoms with Crippen LogP contribution in [0, 0.1) is 13.0 Å². The molecule has 2 radical (unpaired) electrons. The van der Waals surface area contributed by atoms with Gasteiger partial charge in [0.2, 0.25) is 0 Å². The molecule has 0 saturated carbocycles. The maximum absolute atomic E-state index is 4.93. The van der Waals surface area contributed by atoms with Crippen LogP contribution < -0.4 is 10.4 Å². The summed E-state index contributed by atoms with van der Waals surface area (Å²) in [6, 6.07) is 34.7. The topological polar surface area (TPSA) is 0 Å². The summed E-state index contributed by atoms with van der Waals surface area (Å²) in [6.07, 6.45) is 0. The van der Waals surface area contributed by atoms with Crippen molar-refractivity contribution in [3.05, 3.63) is 113 Å². The number of hydrogen-bond donors (Lipinski definition) is 0. The SMILES string of the molecule is Cc1cc2c(-c3cc(C(C)C)cc(C(C)C)c3)c(C(C)(C)C)ccc2[cH-]1.[Cl][Zr+2][Cl].[c-]1cccc2c1[Si]c1ccccc1-2. The molecule has 0 unspecified atom stereocenters. The Hall–Kier alpha value is -1.83. The Labute approximate surface area is 274 Å². The average molecular weight is 687 g/mol. The van der Waals surface area contributed by atoms with E-state index < -0.39 is 20.8 Å². The van der Waals surface area contributed by atoms with Crippen LogP contribution in [0.5, 0.6) is 0 Å². The van der Waals surface area contributed by atoms with Gasteiger partial charge >= 0.3 is 37.9 Å². The second kappa shape index (κ2) is 14.3. The van der Waals surface area contributed by atoms with Gasteiger partial charge in [-0.25, -0.2) is 0 Å². The van der Waals surface area contributed by atoms with Crippen molar-refractivity contribution in [3.8, 4) is 22.3 Å². The van der Waals surface area contributed by atoms with Crippen molar-refractivity contribution >= 4 is 47.7 Å². The average Bonchev–Trinajstić information content (AvgIpc) is 3.52. The van der Waals surface area contributed by atoms with Crippen LogP contribution in [0.2, 0.25) is 0 Å². The molecule has 1 aliphatic rings. The van der Waals surface area contributed by atoms with Crippen LogP contribution in [-0.4, -0.2) is 9.52 Å². The maximum atomic E-state index is 4.93. The molecular weight excluding hydrogens is 647 g/mol.